The minimum Gasteiger partial charge on any atom is -0.356 e. The van der Waals surface area contributed by atoms with Crippen molar-refractivity contribution in [3.8, 4) is 0 Å². The van der Waals surface area contributed by atoms with Gasteiger partial charge in [0.15, 0.2) is 5.96 Å². The first-order chi connectivity index (χ1) is 11.3. The highest BCUT2D eigenvalue weighted by Gasteiger charge is 2.18. The summed E-state index contributed by atoms with van der Waals surface area (Å²) in [7, 11) is 0. The smallest absolute Gasteiger partial charge is 0.194 e. The Morgan fingerprint density at radius 3 is 2.79 bits per heavy atom. The molecule has 130 valence electrons. The maximum absolute atomic E-state index is 4.81. The topological polar surface area (TPSA) is 40.5 Å². The van der Waals surface area contributed by atoms with Crippen molar-refractivity contribution in [2.45, 2.75) is 39.8 Å². The van der Waals surface area contributed by atoms with Gasteiger partial charge >= 0.3 is 0 Å². The maximum atomic E-state index is 4.81. The zero-order valence-corrected chi connectivity index (χ0v) is 17.4. The Bertz CT molecular complexity index is 683. The van der Waals surface area contributed by atoms with Crippen molar-refractivity contribution in [1.82, 2.24) is 15.2 Å². The second-order valence-corrected chi connectivity index (χ2v) is 6.88. The number of halogens is 1. The summed E-state index contributed by atoms with van der Waals surface area (Å²) in [4.78, 5) is 12.9. The van der Waals surface area contributed by atoms with Crippen molar-refractivity contribution in [3.05, 3.63) is 51.5 Å². The van der Waals surface area contributed by atoms with Gasteiger partial charge < -0.3 is 10.2 Å². The van der Waals surface area contributed by atoms with Crippen LogP contribution in [0.2, 0.25) is 0 Å². The number of aliphatic imine (C=N–C) groups is 1. The molecule has 0 bridgehead atoms. The molecule has 0 radical (unpaired) electrons. The summed E-state index contributed by atoms with van der Waals surface area (Å²) < 4.78 is 0. The van der Waals surface area contributed by atoms with E-state index in [9.17, 15) is 0 Å². The molecule has 2 heterocycles. The van der Waals surface area contributed by atoms with Crippen LogP contribution in [0.1, 0.15) is 34.9 Å². The third-order valence-electron chi connectivity index (χ3n) is 4.08. The van der Waals surface area contributed by atoms with E-state index in [0.29, 0.717) is 6.54 Å². The normalized spacial score (nSPS) is 14.1. The molecule has 0 fully saturated rings. The van der Waals surface area contributed by atoms with Gasteiger partial charge in [-0.25, -0.2) is 9.98 Å². The lowest BCUT2D eigenvalue weighted by molar-refractivity contribution is 0.378. The van der Waals surface area contributed by atoms with E-state index in [2.05, 4.69) is 53.3 Å². The molecule has 0 amide bonds. The van der Waals surface area contributed by atoms with Gasteiger partial charge in [-0.15, -0.1) is 35.3 Å². The van der Waals surface area contributed by atoms with Crippen molar-refractivity contribution in [1.29, 1.82) is 0 Å². The van der Waals surface area contributed by atoms with E-state index in [1.54, 1.807) is 11.3 Å². The van der Waals surface area contributed by atoms with Gasteiger partial charge in [0.05, 0.1) is 6.54 Å². The fourth-order valence-electron chi connectivity index (χ4n) is 2.83. The van der Waals surface area contributed by atoms with E-state index in [1.165, 1.54) is 16.0 Å². The Balaban J connectivity index is 0.00000208. The Morgan fingerprint density at radius 2 is 2.08 bits per heavy atom. The van der Waals surface area contributed by atoms with Gasteiger partial charge in [-0.05, 0) is 30.9 Å². The zero-order chi connectivity index (χ0) is 16.1. The predicted octanol–water partition coefficient (Wildman–Crippen LogP) is 3.85. The number of hydrogen-bond donors (Lipinski definition) is 1. The Morgan fingerprint density at radius 1 is 1.29 bits per heavy atom. The van der Waals surface area contributed by atoms with E-state index in [0.717, 1.165) is 43.4 Å². The highest BCUT2D eigenvalue weighted by Crippen LogP contribution is 2.19. The second-order valence-electron chi connectivity index (χ2n) is 5.68. The second kappa shape index (κ2) is 9.36. The first-order valence-electron chi connectivity index (χ1n) is 8.33. The minimum absolute atomic E-state index is 0. The van der Waals surface area contributed by atoms with Crippen LogP contribution in [0.4, 0.5) is 0 Å². The zero-order valence-electron chi connectivity index (χ0n) is 14.3. The van der Waals surface area contributed by atoms with Crippen LogP contribution in [0.25, 0.3) is 0 Å². The van der Waals surface area contributed by atoms with Gasteiger partial charge in [-0.1, -0.05) is 31.2 Å². The lowest BCUT2D eigenvalue weighted by Gasteiger charge is -2.31. The molecule has 1 N–H and O–H groups in total. The van der Waals surface area contributed by atoms with Crippen LogP contribution in [-0.2, 0) is 25.9 Å². The standard InChI is InChI=1S/C18H24N4S.HI/c1-3-16-11-20-17(23-16)12-21-18(19-4-2)22-10-9-14-7-5-6-8-15(14)13-22;/h5-8,11H,3-4,9-10,12-13H2,1-2H3,(H,19,21);1H. The van der Waals surface area contributed by atoms with Crippen LogP contribution in [0, 0.1) is 0 Å². The van der Waals surface area contributed by atoms with Crippen molar-refractivity contribution in [3.63, 3.8) is 0 Å². The number of nitrogens with one attached hydrogen (secondary N) is 1. The van der Waals surface area contributed by atoms with Crippen molar-refractivity contribution < 1.29 is 0 Å². The summed E-state index contributed by atoms with van der Waals surface area (Å²) in [6, 6.07) is 8.70. The van der Waals surface area contributed by atoms with Crippen molar-refractivity contribution in [2.75, 3.05) is 13.1 Å². The first kappa shape index (κ1) is 19.2. The fourth-order valence-corrected chi connectivity index (χ4v) is 3.62. The van der Waals surface area contributed by atoms with E-state index in [4.69, 9.17) is 4.99 Å². The fraction of sp³-hybridized carbons (Fsp3) is 0.444. The maximum Gasteiger partial charge on any atom is 0.194 e. The van der Waals surface area contributed by atoms with Crippen molar-refractivity contribution in [2.24, 2.45) is 4.99 Å². The molecule has 1 aliphatic rings. The summed E-state index contributed by atoms with van der Waals surface area (Å²) in [6.45, 7) is 7.77. The van der Waals surface area contributed by atoms with Gasteiger partial charge in [0.1, 0.15) is 5.01 Å². The Labute approximate surface area is 165 Å². The first-order valence-corrected chi connectivity index (χ1v) is 9.15. The average molecular weight is 456 g/mol. The average Bonchev–Trinajstić information content (AvgIpc) is 3.06. The monoisotopic (exact) mass is 456 g/mol. The summed E-state index contributed by atoms with van der Waals surface area (Å²) in [5.41, 5.74) is 2.87. The van der Waals surface area contributed by atoms with Crippen LogP contribution < -0.4 is 5.32 Å². The number of nitrogens with zero attached hydrogens (tertiary/aromatic N) is 3. The lowest BCUT2D eigenvalue weighted by Crippen LogP contribution is -2.44. The molecular weight excluding hydrogens is 431 g/mol. The molecule has 0 atom stereocenters. The van der Waals surface area contributed by atoms with E-state index in [1.807, 2.05) is 6.20 Å². The molecule has 6 heteroatoms. The van der Waals surface area contributed by atoms with Crippen molar-refractivity contribution >= 4 is 41.3 Å². The van der Waals surface area contributed by atoms with Crippen LogP contribution in [0.15, 0.2) is 35.5 Å². The van der Waals surface area contributed by atoms with E-state index >= 15 is 0 Å². The minimum atomic E-state index is 0. The molecular formula is C18H25IN4S. The number of rotatable bonds is 4. The van der Waals surface area contributed by atoms with Gasteiger partial charge in [0, 0.05) is 30.7 Å². The van der Waals surface area contributed by atoms with Gasteiger partial charge in [0.2, 0.25) is 0 Å². The number of aromatic nitrogens is 1. The molecule has 3 rings (SSSR count). The summed E-state index contributed by atoms with van der Waals surface area (Å²) >= 11 is 1.76. The van der Waals surface area contributed by atoms with Gasteiger partial charge in [-0.2, -0.15) is 0 Å². The molecule has 2 aromatic rings. The molecule has 0 saturated carbocycles. The van der Waals surface area contributed by atoms with Gasteiger partial charge in [-0.3, -0.25) is 0 Å². The SMILES string of the molecule is CCNC(=NCc1ncc(CC)s1)N1CCc2ccccc2C1.I. The number of aryl methyl sites for hydroxylation is 1. The third kappa shape index (κ3) is 4.69. The van der Waals surface area contributed by atoms with Crippen LogP contribution >= 0.6 is 35.3 Å². The molecule has 24 heavy (non-hydrogen) atoms. The van der Waals surface area contributed by atoms with E-state index < -0.39 is 0 Å². The number of thiazole rings is 1. The van der Waals surface area contributed by atoms with E-state index in [-0.39, 0.29) is 24.0 Å². The van der Waals surface area contributed by atoms with Crippen LogP contribution in [-0.4, -0.2) is 28.9 Å². The highest BCUT2D eigenvalue weighted by atomic mass is 127. The number of guanidine groups is 1. The molecule has 1 aliphatic heterocycles. The molecule has 1 aromatic carbocycles. The van der Waals surface area contributed by atoms with Gasteiger partial charge in [0.25, 0.3) is 0 Å². The lowest BCUT2D eigenvalue weighted by atomic mass is 10.0. The molecule has 0 saturated heterocycles. The number of fused-ring (bicyclic) bond motifs is 1. The predicted molar refractivity (Wildman–Crippen MR) is 112 cm³/mol. The molecule has 0 spiro atoms. The number of benzene rings is 1. The van der Waals surface area contributed by atoms with Crippen LogP contribution in [0.3, 0.4) is 0 Å². The summed E-state index contributed by atoms with van der Waals surface area (Å²) in [5.74, 6) is 0.996. The highest BCUT2D eigenvalue weighted by molar-refractivity contribution is 14.0. The largest absolute Gasteiger partial charge is 0.356 e. The number of hydrogen-bond acceptors (Lipinski definition) is 3. The molecule has 0 aliphatic carbocycles. The Kier molecular flexibility index (Phi) is 7.48. The third-order valence-corrected chi connectivity index (χ3v) is 5.21. The van der Waals surface area contributed by atoms with Crippen LogP contribution in [0.5, 0.6) is 0 Å². The summed E-state index contributed by atoms with van der Waals surface area (Å²) in [6.07, 6.45) is 4.10. The summed E-state index contributed by atoms with van der Waals surface area (Å²) in [5, 5.41) is 4.52. The molecule has 1 aromatic heterocycles. The molecule has 4 nitrogen and oxygen atoms in total. The molecule has 0 unspecified atom stereocenters. The quantitative estimate of drug-likeness (QED) is 0.432. The Hall–Kier alpha value is -1.15.